The van der Waals surface area contributed by atoms with E-state index in [-0.39, 0.29) is 11.1 Å². The zero-order chi connectivity index (χ0) is 25.3. The molecule has 0 aliphatic carbocycles. The Kier molecular flexibility index (Phi) is 7.04. The van der Waals surface area contributed by atoms with Crippen molar-refractivity contribution in [1.82, 2.24) is 4.57 Å². The van der Waals surface area contributed by atoms with Gasteiger partial charge < -0.3 is 14.2 Å². The first-order valence-electron chi connectivity index (χ1n) is 10.5. The summed E-state index contributed by atoms with van der Waals surface area (Å²) in [5.74, 6) is -0.0643. The van der Waals surface area contributed by atoms with Gasteiger partial charge in [0, 0.05) is 17.0 Å². The Morgan fingerprint density at radius 3 is 2.49 bits per heavy atom. The number of ether oxygens (including phenoxy) is 3. The largest absolute Gasteiger partial charge is 0.497 e. The highest BCUT2D eigenvalue weighted by Crippen LogP contribution is 2.31. The van der Waals surface area contributed by atoms with Crippen molar-refractivity contribution in [2.75, 3.05) is 14.2 Å². The number of carbonyl (C=O) groups is 2. The Bertz CT molecular complexity index is 1540. The fourth-order valence-corrected chi connectivity index (χ4v) is 5.23. The molecule has 0 saturated heterocycles. The molecule has 180 valence electrons. The molecule has 4 rings (SSSR count). The zero-order valence-electron chi connectivity index (χ0n) is 19.3. The van der Waals surface area contributed by atoms with Crippen LogP contribution in [0.3, 0.4) is 0 Å². The van der Waals surface area contributed by atoms with Gasteiger partial charge in [0.15, 0.2) is 4.80 Å². The second kappa shape index (κ2) is 10.0. The summed E-state index contributed by atoms with van der Waals surface area (Å²) >= 11 is 4.60. The second-order valence-electron chi connectivity index (χ2n) is 7.62. The van der Waals surface area contributed by atoms with E-state index in [4.69, 9.17) is 14.2 Å². The van der Waals surface area contributed by atoms with Crippen molar-refractivity contribution < 1.29 is 23.8 Å². The molecule has 0 saturated carbocycles. The van der Waals surface area contributed by atoms with Crippen LogP contribution in [0.1, 0.15) is 31.0 Å². The number of allylic oxidation sites excluding steroid dienone is 1. The fraction of sp³-hybridized carbons (Fsp3) is 0.200. The van der Waals surface area contributed by atoms with Crippen LogP contribution in [-0.2, 0) is 14.3 Å². The third kappa shape index (κ3) is 4.85. The van der Waals surface area contributed by atoms with E-state index >= 15 is 0 Å². The lowest BCUT2D eigenvalue weighted by Gasteiger charge is -2.24. The Morgan fingerprint density at radius 2 is 1.86 bits per heavy atom. The van der Waals surface area contributed by atoms with Crippen LogP contribution < -0.4 is 24.4 Å². The van der Waals surface area contributed by atoms with Crippen molar-refractivity contribution in [2.24, 2.45) is 4.99 Å². The first-order chi connectivity index (χ1) is 16.7. The van der Waals surface area contributed by atoms with E-state index in [9.17, 15) is 14.4 Å². The average Bonchev–Trinajstić information content (AvgIpc) is 3.13. The van der Waals surface area contributed by atoms with Crippen LogP contribution in [0.25, 0.3) is 6.08 Å². The van der Waals surface area contributed by atoms with Crippen molar-refractivity contribution >= 4 is 45.3 Å². The number of hydrogen-bond donors (Lipinski definition) is 0. The first-order valence-corrected chi connectivity index (χ1v) is 12.1. The normalized spacial score (nSPS) is 15.3. The van der Waals surface area contributed by atoms with Gasteiger partial charge in [-0.25, -0.2) is 9.79 Å². The molecule has 35 heavy (non-hydrogen) atoms. The molecule has 1 aliphatic rings. The maximum absolute atomic E-state index is 13.7. The minimum Gasteiger partial charge on any atom is -0.497 e. The second-order valence-corrected chi connectivity index (χ2v) is 9.55. The molecule has 0 bridgehead atoms. The van der Waals surface area contributed by atoms with Gasteiger partial charge in [-0.3, -0.25) is 14.2 Å². The van der Waals surface area contributed by atoms with Gasteiger partial charge in [0.05, 0.1) is 36.1 Å². The molecule has 1 aromatic heterocycles. The van der Waals surface area contributed by atoms with E-state index in [2.05, 4.69) is 20.9 Å². The van der Waals surface area contributed by atoms with Gasteiger partial charge in [-0.15, -0.1) is 0 Å². The van der Waals surface area contributed by atoms with Gasteiger partial charge in [-0.1, -0.05) is 39.4 Å². The van der Waals surface area contributed by atoms with Crippen molar-refractivity contribution in [2.45, 2.75) is 19.9 Å². The van der Waals surface area contributed by atoms with E-state index in [1.807, 2.05) is 0 Å². The van der Waals surface area contributed by atoms with Crippen molar-refractivity contribution in [3.05, 3.63) is 89.0 Å². The molecule has 1 atom stereocenters. The number of nitrogens with zero attached hydrogens (tertiary/aromatic N) is 2. The summed E-state index contributed by atoms with van der Waals surface area (Å²) in [5.41, 5.74) is 1.66. The van der Waals surface area contributed by atoms with E-state index < -0.39 is 18.0 Å². The molecule has 1 aliphatic heterocycles. The lowest BCUT2D eigenvalue weighted by atomic mass is 9.96. The number of carbonyl (C=O) groups excluding carboxylic acids is 2. The van der Waals surface area contributed by atoms with Crippen LogP contribution in [0.2, 0.25) is 0 Å². The van der Waals surface area contributed by atoms with Gasteiger partial charge in [-0.2, -0.15) is 0 Å². The number of rotatable bonds is 5. The quantitative estimate of drug-likeness (QED) is 0.354. The SMILES string of the molecule is COC(=O)C1=C(C)N=c2s/c(=C\c3cc(Br)ccc3OC(C)=O)c(=O)n2C1c1ccc(OC)cc1. The number of benzene rings is 2. The number of hydrogen-bond acceptors (Lipinski definition) is 8. The Hall–Kier alpha value is -3.50. The smallest absolute Gasteiger partial charge is 0.338 e. The summed E-state index contributed by atoms with van der Waals surface area (Å²) < 4.78 is 18.2. The van der Waals surface area contributed by atoms with Gasteiger partial charge in [-0.05, 0) is 48.9 Å². The molecule has 0 fully saturated rings. The molecule has 2 heterocycles. The van der Waals surface area contributed by atoms with Gasteiger partial charge in [0.1, 0.15) is 11.5 Å². The van der Waals surface area contributed by atoms with E-state index in [1.165, 1.54) is 29.9 Å². The summed E-state index contributed by atoms with van der Waals surface area (Å²) in [6, 6.07) is 11.5. The molecule has 0 N–H and O–H groups in total. The highest BCUT2D eigenvalue weighted by Gasteiger charge is 2.33. The van der Waals surface area contributed by atoms with Gasteiger partial charge in [0.25, 0.3) is 5.56 Å². The topological polar surface area (TPSA) is 96.2 Å². The van der Waals surface area contributed by atoms with Crippen molar-refractivity contribution in [3.8, 4) is 11.5 Å². The molecule has 0 spiro atoms. The minimum atomic E-state index is -0.734. The summed E-state index contributed by atoms with van der Waals surface area (Å²) in [7, 11) is 2.86. The highest BCUT2D eigenvalue weighted by molar-refractivity contribution is 9.10. The first kappa shape index (κ1) is 24.6. The highest BCUT2D eigenvalue weighted by atomic mass is 79.9. The molecule has 0 radical (unpaired) electrons. The predicted octanol–water partition coefficient (Wildman–Crippen LogP) is 3.10. The Morgan fingerprint density at radius 1 is 1.14 bits per heavy atom. The van der Waals surface area contributed by atoms with Crippen molar-refractivity contribution in [3.63, 3.8) is 0 Å². The molecule has 10 heteroatoms. The van der Waals surface area contributed by atoms with E-state index in [1.54, 1.807) is 62.6 Å². The summed E-state index contributed by atoms with van der Waals surface area (Å²) in [5, 5.41) is 0. The average molecular weight is 557 g/mol. The number of thiazole rings is 1. The molecule has 0 amide bonds. The van der Waals surface area contributed by atoms with Gasteiger partial charge in [0.2, 0.25) is 0 Å². The zero-order valence-corrected chi connectivity index (χ0v) is 21.7. The molecule has 1 unspecified atom stereocenters. The van der Waals surface area contributed by atoms with E-state index in [0.717, 1.165) is 4.47 Å². The third-order valence-electron chi connectivity index (χ3n) is 5.37. The Labute approximate surface area is 212 Å². The number of methoxy groups -OCH3 is 2. The summed E-state index contributed by atoms with van der Waals surface area (Å²) in [4.78, 5) is 43.0. The van der Waals surface area contributed by atoms with Crippen LogP contribution in [0.15, 0.2) is 68.0 Å². The summed E-state index contributed by atoms with van der Waals surface area (Å²) in [6.45, 7) is 3.03. The van der Waals surface area contributed by atoms with Crippen LogP contribution in [-0.4, -0.2) is 30.7 Å². The molecular weight excluding hydrogens is 536 g/mol. The molecule has 2 aromatic carbocycles. The standard InChI is InChI=1S/C25H21BrN2O6S/c1-13-21(24(31)33-4)22(15-5-8-18(32-3)9-6-15)28-23(30)20(35-25(28)27-13)12-16-11-17(26)7-10-19(16)34-14(2)29/h5-12,22H,1-4H3/b20-12-. The summed E-state index contributed by atoms with van der Waals surface area (Å²) in [6.07, 6.45) is 1.65. The van der Waals surface area contributed by atoms with E-state index in [0.29, 0.717) is 37.7 Å². The Balaban J connectivity index is 1.96. The van der Waals surface area contributed by atoms with Crippen LogP contribution in [0, 0.1) is 0 Å². The predicted molar refractivity (Wildman–Crippen MR) is 134 cm³/mol. The maximum atomic E-state index is 13.7. The van der Waals surface area contributed by atoms with Crippen LogP contribution >= 0.6 is 27.3 Å². The number of fused-ring (bicyclic) bond motifs is 1. The lowest BCUT2D eigenvalue weighted by Crippen LogP contribution is -2.39. The molecule has 8 nitrogen and oxygen atoms in total. The minimum absolute atomic E-state index is 0.277. The van der Waals surface area contributed by atoms with Crippen LogP contribution in [0.4, 0.5) is 0 Å². The lowest BCUT2D eigenvalue weighted by molar-refractivity contribution is -0.136. The van der Waals surface area contributed by atoms with Gasteiger partial charge >= 0.3 is 11.9 Å². The molecule has 3 aromatic rings. The maximum Gasteiger partial charge on any atom is 0.338 e. The monoisotopic (exact) mass is 556 g/mol. The number of aromatic nitrogens is 1. The van der Waals surface area contributed by atoms with Crippen LogP contribution in [0.5, 0.6) is 11.5 Å². The van der Waals surface area contributed by atoms with Crippen molar-refractivity contribution in [1.29, 1.82) is 0 Å². The number of esters is 2. The molecular formula is C25H21BrN2O6S. The third-order valence-corrected chi connectivity index (χ3v) is 6.85. The fourth-order valence-electron chi connectivity index (χ4n) is 3.82. The number of halogens is 1.